The van der Waals surface area contributed by atoms with Crippen molar-refractivity contribution in [2.45, 2.75) is 70.3 Å². The summed E-state index contributed by atoms with van der Waals surface area (Å²) in [5.41, 5.74) is 4.91. The average Bonchev–Trinajstić information content (AvgIpc) is 3.04. The second kappa shape index (κ2) is 7.41. The lowest BCUT2D eigenvalue weighted by molar-refractivity contribution is -0.152. The van der Waals surface area contributed by atoms with Crippen LogP contribution < -0.4 is 4.90 Å². The smallest absolute Gasteiger partial charge is 0.161 e. The van der Waals surface area contributed by atoms with Crippen molar-refractivity contribution in [2.24, 2.45) is 17.3 Å². The first-order valence-electron chi connectivity index (χ1n) is 12.1. The first-order chi connectivity index (χ1) is 15.2. The first kappa shape index (κ1) is 21.6. The maximum absolute atomic E-state index is 12.7. The fourth-order valence-electron chi connectivity index (χ4n) is 7.55. The van der Waals surface area contributed by atoms with E-state index in [2.05, 4.69) is 36.1 Å². The Morgan fingerprint density at radius 3 is 2.47 bits per heavy atom. The number of carbonyl (C=O) groups is 2. The summed E-state index contributed by atoms with van der Waals surface area (Å²) in [5, 5.41) is 11.6. The van der Waals surface area contributed by atoms with Gasteiger partial charge in [0.1, 0.15) is 5.60 Å². The minimum Gasteiger partial charge on any atom is -0.382 e. The molecule has 32 heavy (non-hydrogen) atoms. The molecule has 0 heterocycles. The van der Waals surface area contributed by atoms with Crippen LogP contribution in [0.4, 0.5) is 5.69 Å². The zero-order valence-corrected chi connectivity index (χ0v) is 19.8. The van der Waals surface area contributed by atoms with Gasteiger partial charge in [0.25, 0.3) is 0 Å². The zero-order chi connectivity index (χ0) is 22.8. The second-order valence-electron chi connectivity index (χ2n) is 10.9. The van der Waals surface area contributed by atoms with Gasteiger partial charge in [0.15, 0.2) is 11.6 Å². The maximum atomic E-state index is 12.7. The number of benzene rings is 1. The van der Waals surface area contributed by atoms with Crippen molar-refractivity contribution in [1.82, 2.24) is 0 Å². The fourth-order valence-corrected chi connectivity index (χ4v) is 7.55. The van der Waals surface area contributed by atoms with Crippen LogP contribution in [-0.4, -0.2) is 36.4 Å². The monoisotopic (exact) mass is 433 g/mol. The molecule has 0 radical (unpaired) electrons. The first-order valence-corrected chi connectivity index (χ1v) is 12.1. The average molecular weight is 434 g/mol. The molecule has 5 rings (SSSR count). The van der Waals surface area contributed by atoms with Crippen LogP contribution in [0.2, 0.25) is 0 Å². The molecule has 4 aliphatic carbocycles. The molecule has 2 saturated carbocycles. The summed E-state index contributed by atoms with van der Waals surface area (Å²) in [5.74, 6) is 1.03. The molecule has 4 heteroatoms. The van der Waals surface area contributed by atoms with Gasteiger partial charge in [-0.25, -0.2) is 0 Å². The molecule has 1 aromatic rings. The van der Waals surface area contributed by atoms with E-state index in [-0.39, 0.29) is 17.5 Å². The van der Waals surface area contributed by atoms with E-state index < -0.39 is 11.0 Å². The summed E-state index contributed by atoms with van der Waals surface area (Å²) in [4.78, 5) is 27.0. The highest BCUT2D eigenvalue weighted by Crippen LogP contribution is 2.66. The summed E-state index contributed by atoms with van der Waals surface area (Å²) >= 11 is 0. The third-order valence-corrected chi connectivity index (χ3v) is 9.28. The standard InChI is InChI=1S/C28H35NO3/c1-17(30)28(32)14-13-25-23-11-7-19-15-21(31)10-12-22(19)26(23)24(16-27(25,28)2)18-5-8-20(9-6-18)29(3)4/h5-6,8-9,15,23-25,32H,7,10-14,16H2,1-4H3/t23-,24+,25-,27+,28-/m0/s1. The predicted molar refractivity (Wildman–Crippen MR) is 127 cm³/mol. The van der Waals surface area contributed by atoms with Crippen LogP contribution in [0.1, 0.15) is 70.3 Å². The van der Waals surface area contributed by atoms with Gasteiger partial charge in [0.2, 0.25) is 0 Å². The lowest BCUT2D eigenvalue weighted by atomic mass is 9.51. The number of nitrogens with zero attached hydrogens (tertiary/aromatic N) is 1. The molecule has 0 saturated heterocycles. The van der Waals surface area contributed by atoms with Gasteiger partial charge in [-0.05, 0) is 92.2 Å². The molecule has 4 nitrogen and oxygen atoms in total. The van der Waals surface area contributed by atoms with Crippen LogP contribution in [0.3, 0.4) is 0 Å². The number of anilines is 1. The van der Waals surface area contributed by atoms with E-state index in [0.717, 1.165) is 37.8 Å². The zero-order valence-electron chi connectivity index (χ0n) is 19.8. The Balaban J connectivity index is 1.67. The Hall–Kier alpha value is -2.20. The number of hydrogen-bond acceptors (Lipinski definition) is 4. The molecule has 0 amide bonds. The highest BCUT2D eigenvalue weighted by atomic mass is 16.3. The van der Waals surface area contributed by atoms with Crippen molar-refractivity contribution in [1.29, 1.82) is 0 Å². The summed E-state index contributed by atoms with van der Waals surface area (Å²) < 4.78 is 0. The van der Waals surface area contributed by atoms with Gasteiger partial charge in [0, 0.05) is 37.5 Å². The third-order valence-electron chi connectivity index (χ3n) is 9.28. The van der Waals surface area contributed by atoms with Crippen molar-refractivity contribution in [3.63, 3.8) is 0 Å². The third kappa shape index (κ3) is 2.98. The van der Waals surface area contributed by atoms with Crippen LogP contribution in [0.25, 0.3) is 0 Å². The van der Waals surface area contributed by atoms with Gasteiger partial charge in [0.05, 0.1) is 0 Å². The largest absolute Gasteiger partial charge is 0.382 e. The Morgan fingerprint density at radius 2 is 1.81 bits per heavy atom. The van der Waals surface area contributed by atoms with Crippen molar-refractivity contribution in [3.05, 3.63) is 52.6 Å². The number of ketones is 2. The molecule has 170 valence electrons. The number of allylic oxidation sites excluding steroid dienone is 4. The number of aliphatic hydroxyl groups is 1. The summed E-state index contributed by atoms with van der Waals surface area (Å²) in [6.45, 7) is 3.74. The van der Waals surface area contributed by atoms with E-state index in [0.29, 0.717) is 24.7 Å². The van der Waals surface area contributed by atoms with Crippen molar-refractivity contribution < 1.29 is 14.7 Å². The van der Waals surface area contributed by atoms with Gasteiger partial charge < -0.3 is 10.0 Å². The highest BCUT2D eigenvalue weighted by molar-refractivity contribution is 5.93. The fraction of sp³-hybridized carbons (Fsp3) is 0.571. The van der Waals surface area contributed by atoms with Crippen molar-refractivity contribution in [2.75, 3.05) is 19.0 Å². The summed E-state index contributed by atoms with van der Waals surface area (Å²) in [7, 11) is 4.09. The Morgan fingerprint density at radius 1 is 1.09 bits per heavy atom. The van der Waals surface area contributed by atoms with Gasteiger partial charge >= 0.3 is 0 Å². The molecule has 2 fully saturated rings. The summed E-state index contributed by atoms with van der Waals surface area (Å²) in [6, 6.07) is 8.78. The molecule has 0 unspecified atom stereocenters. The minimum absolute atomic E-state index is 0.0834. The molecule has 4 aliphatic rings. The Kier molecular flexibility index (Phi) is 5.01. The van der Waals surface area contributed by atoms with E-state index >= 15 is 0 Å². The van der Waals surface area contributed by atoms with Gasteiger partial charge in [-0.15, -0.1) is 0 Å². The van der Waals surface area contributed by atoms with E-state index in [9.17, 15) is 14.7 Å². The van der Waals surface area contributed by atoms with Crippen LogP contribution in [0.15, 0.2) is 47.1 Å². The number of hydrogen-bond donors (Lipinski definition) is 1. The number of Topliss-reactive ketones (excluding diaryl/α,β-unsaturated/α-hetero) is 1. The molecule has 0 spiro atoms. The van der Waals surface area contributed by atoms with E-state index in [4.69, 9.17) is 0 Å². The topological polar surface area (TPSA) is 57.6 Å². The van der Waals surface area contributed by atoms with E-state index in [1.54, 1.807) is 6.92 Å². The highest BCUT2D eigenvalue weighted by Gasteiger charge is 2.64. The van der Waals surface area contributed by atoms with Crippen LogP contribution in [0, 0.1) is 17.3 Å². The Bertz CT molecular complexity index is 1030. The number of fused-ring (bicyclic) bond motifs is 4. The van der Waals surface area contributed by atoms with Crippen molar-refractivity contribution in [3.8, 4) is 0 Å². The molecule has 1 N–H and O–H groups in total. The van der Waals surface area contributed by atoms with Crippen molar-refractivity contribution >= 4 is 17.3 Å². The Labute approximate surface area is 191 Å². The molecule has 1 aromatic carbocycles. The lowest BCUT2D eigenvalue weighted by Gasteiger charge is -2.54. The molecular formula is C28H35NO3. The number of rotatable bonds is 3. The molecule has 5 atom stereocenters. The molecular weight excluding hydrogens is 398 g/mol. The number of carbonyl (C=O) groups excluding carboxylic acids is 2. The molecule has 0 bridgehead atoms. The molecule has 0 aromatic heterocycles. The SMILES string of the molecule is CC(=O)[C@@]1(O)CC[C@H]2[C@@H]3CCC4=CC(=O)CCC4=C3[C@@H](c3ccc(N(C)C)cc3)C[C@]21C. The van der Waals surface area contributed by atoms with Gasteiger partial charge in [-0.2, -0.15) is 0 Å². The normalized spacial score (nSPS) is 36.2. The second-order valence-corrected chi connectivity index (χ2v) is 10.9. The predicted octanol–water partition coefficient (Wildman–Crippen LogP) is 4.97. The quantitative estimate of drug-likeness (QED) is 0.731. The lowest BCUT2D eigenvalue weighted by Crippen LogP contribution is -2.55. The minimum atomic E-state index is -1.24. The van der Waals surface area contributed by atoms with Crippen LogP contribution >= 0.6 is 0 Å². The van der Waals surface area contributed by atoms with E-state index in [1.165, 1.54) is 22.3 Å². The maximum Gasteiger partial charge on any atom is 0.161 e. The molecule has 0 aliphatic heterocycles. The summed E-state index contributed by atoms with van der Waals surface area (Å²) in [6.07, 6.45) is 7.53. The van der Waals surface area contributed by atoms with Crippen LogP contribution in [0.5, 0.6) is 0 Å². The van der Waals surface area contributed by atoms with E-state index in [1.807, 2.05) is 20.2 Å². The van der Waals surface area contributed by atoms with Gasteiger partial charge in [-0.3, -0.25) is 9.59 Å². The van der Waals surface area contributed by atoms with Gasteiger partial charge in [-0.1, -0.05) is 24.6 Å². The van der Waals surface area contributed by atoms with Crippen LogP contribution in [-0.2, 0) is 9.59 Å².